The Balaban J connectivity index is 2.44. The van der Waals surface area contributed by atoms with Crippen LogP contribution in [0.1, 0.15) is 19.8 Å². The van der Waals surface area contributed by atoms with Crippen molar-refractivity contribution in [3.63, 3.8) is 0 Å². The molecule has 0 aliphatic carbocycles. The maximum Gasteiger partial charge on any atom is 0.225 e. The summed E-state index contributed by atoms with van der Waals surface area (Å²) in [6, 6.07) is 1.46. The van der Waals surface area contributed by atoms with E-state index < -0.39 is 6.10 Å². The molecule has 1 atom stereocenters. The summed E-state index contributed by atoms with van der Waals surface area (Å²) >= 11 is 5.61. The number of aromatic nitrogens is 2. The van der Waals surface area contributed by atoms with Gasteiger partial charge in [0.1, 0.15) is 17.3 Å². The van der Waals surface area contributed by atoms with Gasteiger partial charge < -0.3 is 10.4 Å². The number of hydrogen-bond acceptors (Lipinski definition) is 4. The van der Waals surface area contributed by atoms with Crippen LogP contribution in [0.25, 0.3) is 0 Å². The largest absolute Gasteiger partial charge is 0.393 e. The summed E-state index contributed by atoms with van der Waals surface area (Å²) in [7, 11) is 0. The average Bonchev–Trinajstić information content (AvgIpc) is 2.15. The minimum absolute atomic E-state index is 0.203. The highest BCUT2D eigenvalue weighted by Crippen LogP contribution is 2.09. The molecule has 0 aromatic carbocycles. The predicted octanol–water partition coefficient (Wildman–Crippen LogP) is 1.23. The van der Waals surface area contributed by atoms with Crippen molar-refractivity contribution in [1.29, 1.82) is 0 Å². The van der Waals surface area contributed by atoms with E-state index in [0.29, 0.717) is 12.2 Å². The van der Waals surface area contributed by atoms with E-state index in [9.17, 15) is 4.79 Å². The summed E-state index contributed by atoms with van der Waals surface area (Å²) in [4.78, 5) is 18.8. The standard InChI is InChI=1S/C9H12ClN3O2/c1-6(14)2-3-9(15)13-8-4-7(10)11-5-12-8/h4-6,14H,2-3H2,1H3,(H,11,12,13,15). The fourth-order valence-corrected chi connectivity index (χ4v) is 1.09. The molecule has 1 aromatic rings. The summed E-state index contributed by atoms with van der Waals surface area (Å²) in [5.74, 6) is 0.163. The van der Waals surface area contributed by atoms with E-state index in [0.717, 1.165) is 0 Å². The minimum Gasteiger partial charge on any atom is -0.393 e. The van der Waals surface area contributed by atoms with Crippen LogP contribution >= 0.6 is 11.6 Å². The van der Waals surface area contributed by atoms with E-state index in [1.807, 2.05) is 0 Å². The molecule has 0 bridgehead atoms. The van der Waals surface area contributed by atoms with Gasteiger partial charge in [0.2, 0.25) is 5.91 Å². The summed E-state index contributed by atoms with van der Waals surface area (Å²) in [6.07, 6.45) is 1.46. The number of halogens is 1. The minimum atomic E-state index is -0.482. The van der Waals surface area contributed by atoms with Crippen molar-refractivity contribution in [2.75, 3.05) is 5.32 Å². The van der Waals surface area contributed by atoms with Gasteiger partial charge in [-0.25, -0.2) is 9.97 Å². The van der Waals surface area contributed by atoms with Crippen LogP contribution in [0.5, 0.6) is 0 Å². The van der Waals surface area contributed by atoms with Gasteiger partial charge in [-0.2, -0.15) is 0 Å². The quantitative estimate of drug-likeness (QED) is 0.762. The number of hydrogen-bond donors (Lipinski definition) is 2. The zero-order valence-corrected chi connectivity index (χ0v) is 9.03. The van der Waals surface area contributed by atoms with E-state index in [1.54, 1.807) is 6.92 Å². The summed E-state index contributed by atoms with van der Waals surface area (Å²) < 4.78 is 0. The molecule has 5 nitrogen and oxygen atoms in total. The lowest BCUT2D eigenvalue weighted by atomic mass is 10.2. The van der Waals surface area contributed by atoms with Crippen molar-refractivity contribution >= 4 is 23.3 Å². The topological polar surface area (TPSA) is 75.1 Å². The van der Waals surface area contributed by atoms with Crippen LogP contribution in [0.3, 0.4) is 0 Å². The lowest BCUT2D eigenvalue weighted by Gasteiger charge is -2.05. The van der Waals surface area contributed by atoms with Gasteiger partial charge in [-0.3, -0.25) is 4.79 Å². The predicted molar refractivity (Wildman–Crippen MR) is 56.6 cm³/mol. The molecule has 1 rings (SSSR count). The number of amides is 1. The third-order valence-corrected chi connectivity index (χ3v) is 1.90. The van der Waals surface area contributed by atoms with Crippen molar-refractivity contribution in [2.24, 2.45) is 0 Å². The molecule has 0 radical (unpaired) electrons. The summed E-state index contributed by atoms with van der Waals surface area (Å²) in [5, 5.41) is 11.8. The second kappa shape index (κ2) is 5.63. The number of carbonyl (C=O) groups excluding carboxylic acids is 1. The lowest BCUT2D eigenvalue weighted by molar-refractivity contribution is -0.116. The highest BCUT2D eigenvalue weighted by atomic mass is 35.5. The molecule has 0 saturated carbocycles. The molecule has 1 amide bonds. The average molecular weight is 230 g/mol. The fraction of sp³-hybridized carbons (Fsp3) is 0.444. The first-order valence-corrected chi connectivity index (χ1v) is 4.91. The number of rotatable bonds is 4. The molecule has 2 N–H and O–H groups in total. The third kappa shape index (κ3) is 4.71. The van der Waals surface area contributed by atoms with Gasteiger partial charge in [0.15, 0.2) is 0 Å². The Morgan fingerprint density at radius 3 is 3.00 bits per heavy atom. The van der Waals surface area contributed by atoms with Crippen molar-refractivity contribution < 1.29 is 9.90 Å². The zero-order chi connectivity index (χ0) is 11.3. The first-order valence-electron chi connectivity index (χ1n) is 4.53. The Kier molecular flexibility index (Phi) is 4.45. The number of carbonyl (C=O) groups is 1. The molecule has 1 heterocycles. The molecule has 6 heteroatoms. The maximum absolute atomic E-state index is 11.3. The third-order valence-electron chi connectivity index (χ3n) is 1.69. The van der Waals surface area contributed by atoms with Gasteiger partial charge >= 0.3 is 0 Å². The van der Waals surface area contributed by atoms with Crippen molar-refractivity contribution in [3.05, 3.63) is 17.5 Å². The second-order valence-corrected chi connectivity index (χ2v) is 3.55. The fourth-order valence-electron chi connectivity index (χ4n) is 0.947. The van der Waals surface area contributed by atoms with Crippen LogP contribution in [0.2, 0.25) is 5.15 Å². The maximum atomic E-state index is 11.3. The number of anilines is 1. The van der Waals surface area contributed by atoms with Gasteiger partial charge in [0, 0.05) is 12.5 Å². The van der Waals surface area contributed by atoms with E-state index in [-0.39, 0.29) is 17.5 Å². The molecule has 0 aliphatic rings. The highest BCUT2D eigenvalue weighted by molar-refractivity contribution is 6.29. The van der Waals surface area contributed by atoms with Crippen molar-refractivity contribution in [1.82, 2.24) is 9.97 Å². The zero-order valence-electron chi connectivity index (χ0n) is 8.27. The number of nitrogens with zero attached hydrogens (tertiary/aromatic N) is 2. The van der Waals surface area contributed by atoms with Gasteiger partial charge in [0.05, 0.1) is 6.10 Å². The number of aliphatic hydroxyl groups excluding tert-OH is 1. The molecule has 1 unspecified atom stereocenters. The van der Waals surface area contributed by atoms with Gasteiger partial charge in [-0.05, 0) is 13.3 Å². The Morgan fingerprint density at radius 1 is 1.67 bits per heavy atom. The number of aliphatic hydroxyl groups is 1. The monoisotopic (exact) mass is 229 g/mol. The van der Waals surface area contributed by atoms with Crippen LogP contribution < -0.4 is 5.32 Å². The smallest absolute Gasteiger partial charge is 0.225 e. The molecule has 1 aromatic heterocycles. The van der Waals surface area contributed by atoms with E-state index in [2.05, 4.69) is 15.3 Å². The Hall–Kier alpha value is -1.20. The molecule has 0 aliphatic heterocycles. The number of nitrogens with one attached hydrogen (secondary N) is 1. The van der Waals surface area contributed by atoms with Crippen LogP contribution in [0, 0.1) is 0 Å². The Morgan fingerprint density at radius 2 is 2.40 bits per heavy atom. The van der Waals surface area contributed by atoms with Crippen LogP contribution in [0.15, 0.2) is 12.4 Å². The molecule has 0 fully saturated rings. The molecule has 0 spiro atoms. The lowest BCUT2D eigenvalue weighted by Crippen LogP contribution is -2.14. The molecular formula is C9H12ClN3O2. The van der Waals surface area contributed by atoms with Crippen molar-refractivity contribution in [2.45, 2.75) is 25.9 Å². The molecule has 82 valence electrons. The first-order chi connectivity index (χ1) is 7.08. The summed E-state index contributed by atoms with van der Waals surface area (Å²) in [5.41, 5.74) is 0. The van der Waals surface area contributed by atoms with Gasteiger partial charge in [0.25, 0.3) is 0 Å². The van der Waals surface area contributed by atoms with E-state index >= 15 is 0 Å². The SMILES string of the molecule is CC(O)CCC(=O)Nc1cc(Cl)ncn1. The van der Waals surface area contributed by atoms with E-state index in [4.69, 9.17) is 16.7 Å². The van der Waals surface area contributed by atoms with Crippen molar-refractivity contribution in [3.8, 4) is 0 Å². The normalized spacial score (nSPS) is 12.2. The Bertz CT molecular complexity index is 344. The van der Waals surface area contributed by atoms with E-state index in [1.165, 1.54) is 12.4 Å². The van der Waals surface area contributed by atoms with Gasteiger partial charge in [-0.1, -0.05) is 11.6 Å². The second-order valence-electron chi connectivity index (χ2n) is 3.16. The van der Waals surface area contributed by atoms with Gasteiger partial charge in [-0.15, -0.1) is 0 Å². The molecule has 0 saturated heterocycles. The summed E-state index contributed by atoms with van der Waals surface area (Å²) in [6.45, 7) is 1.63. The first kappa shape index (κ1) is 11.9. The molecular weight excluding hydrogens is 218 g/mol. The highest BCUT2D eigenvalue weighted by Gasteiger charge is 2.05. The Labute approximate surface area is 92.5 Å². The van der Waals surface area contributed by atoms with Crippen LogP contribution in [-0.4, -0.2) is 27.1 Å². The van der Waals surface area contributed by atoms with Crippen LogP contribution in [0.4, 0.5) is 5.82 Å². The van der Waals surface area contributed by atoms with Crippen LogP contribution in [-0.2, 0) is 4.79 Å². The molecule has 15 heavy (non-hydrogen) atoms.